The first kappa shape index (κ1) is 29.6. The van der Waals surface area contributed by atoms with Gasteiger partial charge in [0.25, 0.3) is 13.7 Å². The van der Waals surface area contributed by atoms with Crippen LogP contribution in [-0.2, 0) is 36.8 Å². The number of aliphatic hydroxyl groups is 5. The molecule has 3 heterocycles. The maximum Gasteiger partial charge on any atom is 0.478 e. The molecule has 0 aromatic heterocycles. The molecule has 3 aliphatic heterocycles. The molecular weight excluding hydrogens is 554 g/mol. The molecule has 0 radical (unpaired) electrons. The molecule has 1 amide bonds. The average Bonchev–Trinajstić information content (AvgIpc) is 3.06. The first-order chi connectivity index (χ1) is 16.7. The van der Waals surface area contributed by atoms with Gasteiger partial charge >= 0.3 is 7.82 Å². The average molecular weight is 579 g/mol. The molecule has 0 aromatic carbocycles. The third-order valence-corrected chi connectivity index (χ3v) is 8.44. The molecule has 206 valence electrons. The van der Waals surface area contributed by atoms with E-state index in [0.29, 0.717) is 0 Å². The van der Waals surface area contributed by atoms with Gasteiger partial charge in [0.15, 0.2) is 12.5 Å². The lowest BCUT2D eigenvalue weighted by Gasteiger charge is -2.41. The van der Waals surface area contributed by atoms with Crippen LogP contribution in [0.2, 0.25) is 0 Å². The second-order valence-electron chi connectivity index (χ2n) is 7.80. The van der Waals surface area contributed by atoms with Crippen molar-refractivity contribution < 1.29 is 72.1 Å². The highest BCUT2D eigenvalue weighted by Crippen LogP contribution is 2.59. The maximum atomic E-state index is 12.2. The number of carbonyl (C=O) groups excluding carboxylic acids is 1. The fourth-order valence-electron chi connectivity index (χ4n) is 3.44. The molecule has 11 atom stereocenters. The van der Waals surface area contributed by atoms with Gasteiger partial charge in [-0.3, -0.25) is 18.4 Å². The van der Waals surface area contributed by atoms with Gasteiger partial charge in [-0.25, -0.2) is 8.88 Å². The fourth-order valence-corrected chi connectivity index (χ4v) is 5.89. The monoisotopic (exact) mass is 579 g/mol. The second kappa shape index (κ2) is 11.4. The Morgan fingerprint density at radius 3 is 2.42 bits per heavy atom. The fraction of sp³-hybridized carbons (Fsp3) is 0.688. The van der Waals surface area contributed by atoms with Crippen LogP contribution < -0.4 is 10.2 Å². The van der Waals surface area contributed by atoms with Crippen molar-refractivity contribution in [2.24, 2.45) is 0 Å². The number of amides is 1. The normalized spacial score (nSPS) is 40.6. The Kier molecular flexibility index (Phi) is 9.42. The van der Waals surface area contributed by atoms with E-state index in [4.69, 9.17) is 9.47 Å². The lowest BCUT2D eigenvalue weighted by atomic mass is 10.0. The number of hydrogen-bond donors (Lipinski definition) is 8. The Balaban J connectivity index is 1.58. The van der Waals surface area contributed by atoms with Gasteiger partial charge in [0.2, 0.25) is 0 Å². The first-order valence-electron chi connectivity index (χ1n) is 10.1. The Hall–Kier alpha value is -0.920. The van der Waals surface area contributed by atoms with Gasteiger partial charge in [-0.1, -0.05) is 6.58 Å². The van der Waals surface area contributed by atoms with Gasteiger partial charge in [0, 0.05) is 12.3 Å². The predicted octanol–water partition coefficient (Wildman–Crippen LogP) is -3.79. The maximum absolute atomic E-state index is 12.2. The molecule has 17 nitrogen and oxygen atoms in total. The molecule has 3 aliphatic rings. The van der Waals surface area contributed by atoms with E-state index in [1.54, 1.807) is 0 Å². The topological polar surface area (TPSA) is 257 Å². The summed E-state index contributed by atoms with van der Waals surface area (Å²) < 4.78 is 47.7. The van der Waals surface area contributed by atoms with Crippen molar-refractivity contribution in [1.82, 2.24) is 10.2 Å². The highest BCUT2D eigenvalue weighted by atomic mass is 32.1. The van der Waals surface area contributed by atoms with Crippen molar-refractivity contribution in [2.75, 3.05) is 13.2 Å². The van der Waals surface area contributed by atoms with Gasteiger partial charge in [0.05, 0.1) is 24.6 Å². The zero-order valence-corrected chi connectivity index (χ0v) is 20.8. The molecule has 3 rings (SSSR count). The molecule has 0 bridgehead atoms. The summed E-state index contributed by atoms with van der Waals surface area (Å²) in [6, 6.07) is 0. The lowest BCUT2D eigenvalue weighted by Crippen LogP contribution is -2.57. The second-order valence-corrected chi connectivity index (χ2v) is 11.4. The number of rotatable bonds is 9. The highest BCUT2D eigenvalue weighted by molar-refractivity contribution is 7.81. The molecule has 0 aromatic rings. The minimum absolute atomic E-state index is 0.00690. The number of nitrogens with zero attached hydrogens (tertiary/aromatic N) is 1. The van der Waals surface area contributed by atoms with Crippen molar-refractivity contribution in [1.29, 1.82) is 0 Å². The van der Waals surface area contributed by atoms with Crippen molar-refractivity contribution in [3.05, 3.63) is 24.7 Å². The van der Waals surface area contributed by atoms with E-state index in [0.717, 1.165) is 6.08 Å². The molecule has 5 unspecified atom stereocenters. The van der Waals surface area contributed by atoms with E-state index in [9.17, 15) is 49.2 Å². The van der Waals surface area contributed by atoms with Crippen LogP contribution in [0.5, 0.6) is 0 Å². The van der Waals surface area contributed by atoms with Gasteiger partial charge in [0.1, 0.15) is 36.3 Å². The van der Waals surface area contributed by atoms with Crippen LogP contribution in [0.15, 0.2) is 24.7 Å². The molecule has 2 saturated heterocycles. The molecular formula is C16H25N2O15P2S-. The zero-order chi connectivity index (χ0) is 27.0. The largest absolute Gasteiger partial charge is 0.756 e. The summed E-state index contributed by atoms with van der Waals surface area (Å²) in [5.41, 5.74) is 0. The smallest absolute Gasteiger partial charge is 0.478 e. The molecule has 20 heteroatoms. The summed E-state index contributed by atoms with van der Waals surface area (Å²) in [7, 11) is -11.2. The van der Waals surface area contributed by atoms with E-state index in [1.165, 1.54) is 11.1 Å². The van der Waals surface area contributed by atoms with Crippen LogP contribution in [-0.4, -0.2) is 109 Å². The van der Waals surface area contributed by atoms with Crippen LogP contribution in [0.25, 0.3) is 0 Å². The number of ether oxygens (including phenoxy) is 2. The quantitative estimate of drug-likeness (QED) is 0.0962. The number of thiol groups is 1. The number of phosphoric acid groups is 2. The zero-order valence-electron chi connectivity index (χ0n) is 18.1. The minimum atomic E-state index is -5.73. The third kappa shape index (κ3) is 6.74. The van der Waals surface area contributed by atoms with E-state index in [1.807, 2.05) is 0 Å². The standard InChI is InChI=1S/C16H26N2O15P2S/c1-6-17-9(20)2-3-18(6)15-12(23)10(21)8(30-15)5-29-34(25,26)33-35(27,28)32-16-13(24)14(36)11(22)7(4-19)31-16/h2-3,7-8,10-16,19,21-24,36H,1,4-5H2,(H,17,20)(H,25,26)(H,27,28)/p-1/t7?,8-,10?,11+,12+,13?,14+,15-,16+/m1/s1. The van der Waals surface area contributed by atoms with Gasteiger partial charge in [-0.05, 0) is 0 Å². The number of hydrogen-bond acceptors (Lipinski definition) is 16. The summed E-state index contributed by atoms with van der Waals surface area (Å²) in [5, 5.41) is 50.5. The SMILES string of the molecule is C=C1NC(=O)C=CN1[C@@H]1O[C@H](COP(=O)(O)OP(=O)([O-])O[C@@H]2OC(CO)[C@H](O)[C@H](S)C2O)C(O)[C@@H]1O. The summed E-state index contributed by atoms with van der Waals surface area (Å²) in [6.07, 6.45) is -10.5. The first-order valence-corrected chi connectivity index (χ1v) is 13.6. The Morgan fingerprint density at radius 2 is 1.81 bits per heavy atom. The van der Waals surface area contributed by atoms with Crippen LogP contribution >= 0.6 is 28.3 Å². The van der Waals surface area contributed by atoms with Crippen molar-refractivity contribution in [2.45, 2.75) is 54.4 Å². The van der Waals surface area contributed by atoms with E-state index in [-0.39, 0.29) is 5.82 Å². The number of aliphatic hydroxyl groups excluding tert-OH is 5. The summed E-state index contributed by atoms with van der Waals surface area (Å²) in [6.45, 7) is 1.83. The van der Waals surface area contributed by atoms with Gasteiger partial charge in [-0.15, -0.1) is 0 Å². The van der Waals surface area contributed by atoms with Gasteiger partial charge < -0.3 is 55.0 Å². The lowest BCUT2D eigenvalue weighted by molar-refractivity contribution is -0.278. The summed E-state index contributed by atoms with van der Waals surface area (Å²) in [4.78, 5) is 34.5. The Labute approximate surface area is 209 Å². The molecule has 0 saturated carbocycles. The summed E-state index contributed by atoms with van der Waals surface area (Å²) in [5.74, 6) is -0.488. The van der Waals surface area contributed by atoms with Crippen LogP contribution in [0, 0.1) is 0 Å². The van der Waals surface area contributed by atoms with Crippen LogP contribution in [0.3, 0.4) is 0 Å². The van der Waals surface area contributed by atoms with E-state index >= 15 is 0 Å². The van der Waals surface area contributed by atoms with Gasteiger partial charge in [-0.2, -0.15) is 12.6 Å². The number of phosphoric ester groups is 2. The van der Waals surface area contributed by atoms with Crippen molar-refractivity contribution in [3.63, 3.8) is 0 Å². The number of nitrogens with one attached hydrogen (secondary N) is 1. The third-order valence-electron chi connectivity index (χ3n) is 5.26. The Bertz CT molecular complexity index is 968. The molecule has 0 aliphatic carbocycles. The van der Waals surface area contributed by atoms with Crippen molar-refractivity contribution in [3.8, 4) is 0 Å². The summed E-state index contributed by atoms with van der Waals surface area (Å²) >= 11 is 3.89. The predicted molar refractivity (Wildman–Crippen MR) is 115 cm³/mol. The van der Waals surface area contributed by atoms with E-state index < -0.39 is 89.2 Å². The molecule has 2 fully saturated rings. The number of carbonyl (C=O) groups is 1. The van der Waals surface area contributed by atoms with Crippen LogP contribution in [0.1, 0.15) is 0 Å². The molecule has 7 N–H and O–H groups in total. The highest BCUT2D eigenvalue weighted by Gasteiger charge is 2.48. The van der Waals surface area contributed by atoms with E-state index in [2.05, 4.69) is 37.9 Å². The molecule has 36 heavy (non-hydrogen) atoms. The van der Waals surface area contributed by atoms with Crippen molar-refractivity contribution >= 4 is 34.2 Å². The molecule has 0 spiro atoms. The Morgan fingerprint density at radius 1 is 1.14 bits per heavy atom. The minimum Gasteiger partial charge on any atom is -0.756 e. The van der Waals surface area contributed by atoms with Crippen LogP contribution in [0.4, 0.5) is 0 Å².